The van der Waals surface area contributed by atoms with Crippen LogP contribution in [-0.4, -0.2) is 0 Å². The Hall–Kier alpha value is -2.74. The van der Waals surface area contributed by atoms with Gasteiger partial charge in [0, 0.05) is 5.39 Å². The van der Waals surface area contributed by atoms with Gasteiger partial charge in [0.15, 0.2) is 11.6 Å². The number of allylic oxidation sites excluding steroid dienone is 3. The van der Waals surface area contributed by atoms with Gasteiger partial charge in [-0.15, -0.1) is 6.58 Å². The summed E-state index contributed by atoms with van der Waals surface area (Å²) in [5, 5.41) is 1.06. The van der Waals surface area contributed by atoms with Crippen LogP contribution >= 0.6 is 0 Å². The highest BCUT2D eigenvalue weighted by Crippen LogP contribution is 2.30. The molecule has 0 atom stereocenters. The average molecular weight is 362 g/mol. The van der Waals surface area contributed by atoms with Crippen LogP contribution in [0.15, 0.2) is 73.3 Å². The van der Waals surface area contributed by atoms with E-state index in [0.717, 1.165) is 29.4 Å². The van der Waals surface area contributed by atoms with Gasteiger partial charge in [-0.3, -0.25) is 0 Å². The average Bonchev–Trinajstić information content (AvgIpc) is 2.70. The van der Waals surface area contributed by atoms with Gasteiger partial charge in [-0.25, -0.2) is 8.78 Å². The van der Waals surface area contributed by atoms with E-state index in [4.69, 9.17) is 0 Å². The fraction of sp³-hybridized carbons (Fsp3) is 0.200. The van der Waals surface area contributed by atoms with Crippen LogP contribution in [0.5, 0.6) is 0 Å². The second-order valence-corrected chi connectivity index (χ2v) is 6.73. The second-order valence-electron chi connectivity index (χ2n) is 6.73. The van der Waals surface area contributed by atoms with Gasteiger partial charge in [-0.2, -0.15) is 0 Å². The van der Waals surface area contributed by atoms with Crippen molar-refractivity contribution in [3.63, 3.8) is 0 Å². The van der Waals surface area contributed by atoms with Gasteiger partial charge >= 0.3 is 0 Å². The van der Waals surface area contributed by atoms with Crippen molar-refractivity contribution in [3.05, 3.63) is 96.1 Å². The zero-order valence-electron chi connectivity index (χ0n) is 15.6. The van der Waals surface area contributed by atoms with E-state index < -0.39 is 11.6 Å². The van der Waals surface area contributed by atoms with Crippen molar-refractivity contribution in [2.75, 3.05) is 0 Å². The monoisotopic (exact) mass is 362 g/mol. The molecular formula is C25H24F2. The van der Waals surface area contributed by atoms with E-state index >= 15 is 0 Å². The van der Waals surface area contributed by atoms with Crippen molar-refractivity contribution in [2.45, 2.75) is 32.6 Å². The first-order chi connectivity index (χ1) is 13.1. The molecule has 0 aliphatic rings. The first-order valence-electron chi connectivity index (χ1n) is 9.36. The number of aryl methyl sites for hydroxylation is 2. The highest BCUT2D eigenvalue weighted by molar-refractivity contribution is 5.88. The van der Waals surface area contributed by atoms with Gasteiger partial charge in [0.1, 0.15) is 0 Å². The SMILES string of the molecule is C=CCCc1ccc(-c2ccc3cc(CC/C=C/C)c(F)c(F)c3c2)cc1. The third-order valence-electron chi connectivity index (χ3n) is 4.83. The van der Waals surface area contributed by atoms with E-state index in [2.05, 4.69) is 18.7 Å². The van der Waals surface area contributed by atoms with Crippen LogP contribution < -0.4 is 0 Å². The molecule has 27 heavy (non-hydrogen) atoms. The molecule has 0 nitrogen and oxygen atoms in total. The third-order valence-corrected chi connectivity index (χ3v) is 4.83. The maximum absolute atomic E-state index is 14.7. The summed E-state index contributed by atoms with van der Waals surface area (Å²) in [6.07, 6.45) is 8.88. The minimum absolute atomic E-state index is 0.329. The summed E-state index contributed by atoms with van der Waals surface area (Å²) in [4.78, 5) is 0. The summed E-state index contributed by atoms with van der Waals surface area (Å²) >= 11 is 0. The summed E-state index contributed by atoms with van der Waals surface area (Å²) in [6.45, 7) is 5.66. The van der Waals surface area contributed by atoms with Crippen LogP contribution in [0.1, 0.15) is 30.9 Å². The van der Waals surface area contributed by atoms with Gasteiger partial charge in [-0.1, -0.05) is 54.6 Å². The summed E-state index contributed by atoms with van der Waals surface area (Å²) in [6, 6.07) is 15.5. The number of hydrogen-bond donors (Lipinski definition) is 0. The van der Waals surface area contributed by atoms with E-state index in [1.54, 1.807) is 12.1 Å². The first kappa shape index (κ1) is 19.0. The topological polar surface area (TPSA) is 0 Å². The zero-order valence-corrected chi connectivity index (χ0v) is 15.6. The number of halogens is 2. The molecule has 0 amide bonds. The standard InChI is InChI=1S/C25H24F2/c1-3-5-7-9-22-16-21-15-14-20(17-23(21)25(27)24(22)26)19-12-10-18(11-13-19)8-6-4-2/h3-5,10-17H,2,6-9H2,1H3/b5-3+. The highest BCUT2D eigenvalue weighted by Gasteiger charge is 2.14. The molecule has 0 unspecified atom stereocenters. The fourth-order valence-corrected chi connectivity index (χ4v) is 3.28. The molecule has 0 aliphatic carbocycles. The summed E-state index contributed by atoms with van der Waals surface area (Å²) in [7, 11) is 0. The molecule has 0 bridgehead atoms. The van der Waals surface area contributed by atoms with Gasteiger partial charge < -0.3 is 0 Å². The van der Waals surface area contributed by atoms with Gasteiger partial charge in [0.05, 0.1) is 0 Å². The van der Waals surface area contributed by atoms with Crippen LogP contribution in [0.25, 0.3) is 21.9 Å². The minimum atomic E-state index is -0.757. The molecule has 3 aromatic carbocycles. The predicted molar refractivity (Wildman–Crippen MR) is 111 cm³/mol. The number of fused-ring (bicyclic) bond motifs is 1. The lowest BCUT2D eigenvalue weighted by atomic mass is 9.97. The zero-order chi connectivity index (χ0) is 19.2. The molecule has 3 rings (SSSR count). The maximum Gasteiger partial charge on any atom is 0.166 e. The normalized spacial score (nSPS) is 11.4. The van der Waals surface area contributed by atoms with E-state index in [0.29, 0.717) is 23.8 Å². The Bertz CT molecular complexity index is 966. The van der Waals surface area contributed by atoms with Crippen LogP contribution in [0.3, 0.4) is 0 Å². The van der Waals surface area contributed by atoms with Crippen molar-refractivity contribution in [3.8, 4) is 11.1 Å². The van der Waals surface area contributed by atoms with Gasteiger partial charge in [0.2, 0.25) is 0 Å². The van der Waals surface area contributed by atoms with E-state index in [-0.39, 0.29) is 0 Å². The molecule has 2 heteroatoms. The van der Waals surface area contributed by atoms with Crippen molar-refractivity contribution in [1.82, 2.24) is 0 Å². The van der Waals surface area contributed by atoms with Crippen LogP contribution in [0, 0.1) is 11.6 Å². The molecule has 0 aromatic heterocycles. The third kappa shape index (κ3) is 4.33. The molecule has 0 saturated carbocycles. The molecule has 0 N–H and O–H groups in total. The maximum atomic E-state index is 14.7. The quantitative estimate of drug-likeness (QED) is 0.384. The molecule has 0 radical (unpaired) electrons. The molecule has 0 aliphatic heterocycles. The lowest BCUT2D eigenvalue weighted by Gasteiger charge is -2.10. The fourth-order valence-electron chi connectivity index (χ4n) is 3.28. The first-order valence-corrected chi connectivity index (χ1v) is 9.36. The Kier molecular flexibility index (Phi) is 6.18. The van der Waals surface area contributed by atoms with Crippen LogP contribution in [0.2, 0.25) is 0 Å². The van der Waals surface area contributed by atoms with Crippen molar-refractivity contribution in [2.24, 2.45) is 0 Å². The van der Waals surface area contributed by atoms with E-state index in [1.165, 1.54) is 5.56 Å². The highest BCUT2D eigenvalue weighted by atomic mass is 19.2. The lowest BCUT2D eigenvalue weighted by molar-refractivity contribution is 0.507. The number of hydrogen-bond acceptors (Lipinski definition) is 0. The van der Waals surface area contributed by atoms with Gasteiger partial charge in [-0.05, 0) is 72.4 Å². The largest absolute Gasteiger partial charge is 0.203 e. The van der Waals surface area contributed by atoms with Crippen molar-refractivity contribution < 1.29 is 8.78 Å². The molecule has 0 spiro atoms. The molecule has 0 fully saturated rings. The van der Waals surface area contributed by atoms with Crippen molar-refractivity contribution >= 4 is 10.8 Å². The molecule has 0 heterocycles. The minimum Gasteiger partial charge on any atom is -0.203 e. The smallest absolute Gasteiger partial charge is 0.166 e. The van der Waals surface area contributed by atoms with Crippen LogP contribution in [0.4, 0.5) is 8.78 Å². The predicted octanol–water partition coefficient (Wildman–Crippen LogP) is 7.41. The Morgan fingerprint density at radius 2 is 1.59 bits per heavy atom. The summed E-state index contributed by atoms with van der Waals surface area (Å²) < 4.78 is 29.1. The summed E-state index contributed by atoms with van der Waals surface area (Å²) in [5.74, 6) is -1.49. The number of rotatable bonds is 7. The number of benzene rings is 3. The molecule has 3 aromatic rings. The Morgan fingerprint density at radius 3 is 2.30 bits per heavy atom. The summed E-state index contributed by atoms with van der Waals surface area (Å²) in [5.41, 5.74) is 3.55. The van der Waals surface area contributed by atoms with Crippen LogP contribution in [-0.2, 0) is 12.8 Å². The second kappa shape index (κ2) is 8.77. The Balaban J connectivity index is 1.94. The molecule has 0 saturated heterocycles. The van der Waals surface area contributed by atoms with Gasteiger partial charge in [0.25, 0.3) is 0 Å². The Labute approximate surface area is 159 Å². The lowest BCUT2D eigenvalue weighted by Crippen LogP contribution is -1.96. The van der Waals surface area contributed by atoms with E-state index in [9.17, 15) is 8.78 Å². The molecule has 138 valence electrons. The molecular weight excluding hydrogens is 338 g/mol. The Morgan fingerprint density at radius 1 is 0.852 bits per heavy atom. The van der Waals surface area contributed by atoms with E-state index in [1.807, 2.05) is 49.4 Å². The van der Waals surface area contributed by atoms with Crippen molar-refractivity contribution in [1.29, 1.82) is 0 Å².